The highest BCUT2D eigenvalue weighted by molar-refractivity contribution is 6.13. The highest BCUT2D eigenvalue weighted by atomic mass is 16.6. The number of benzene rings is 1. The lowest BCUT2D eigenvalue weighted by atomic mass is 10.1. The zero-order valence-electron chi connectivity index (χ0n) is 34.6. The van der Waals surface area contributed by atoms with Crippen molar-refractivity contribution in [2.75, 3.05) is 112 Å². The summed E-state index contributed by atoms with van der Waals surface area (Å²) in [5, 5.41) is 11.7. The number of Topliss-reactive ketones (excluding diaryl/α,β-unsaturated/α-hetero) is 2. The van der Waals surface area contributed by atoms with Gasteiger partial charge in [0.05, 0.1) is 85.7 Å². The van der Waals surface area contributed by atoms with Crippen molar-refractivity contribution >= 4 is 46.2 Å². The molecule has 1 aliphatic heterocycles. The van der Waals surface area contributed by atoms with Crippen molar-refractivity contribution in [2.45, 2.75) is 51.4 Å². The predicted molar refractivity (Wildman–Crippen MR) is 216 cm³/mol. The zero-order chi connectivity index (χ0) is 43.9. The number of aliphatic carboxylic acids is 1. The molecular formula is C42H58N2O17. The van der Waals surface area contributed by atoms with Crippen molar-refractivity contribution in [3.63, 3.8) is 0 Å². The number of unbranched alkanes of at least 4 members (excludes halogenated alkanes) is 2. The second-order valence-corrected chi connectivity index (χ2v) is 13.5. The Morgan fingerprint density at radius 1 is 0.607 bits per heavy atom. The van der Waals surface area contributed by atoms with Gasteiger partial charge in [-0.2, -0.15) is 0 Å². The molecule has 1 aliphatic rings. The van der Waals surface area contributed by atoms with Gasteiger partial charge in [0.15, 0.2) is 12.4 Å². The minimum atomic E-state index is -0.908. The van der Waals surface area contributed by atoms with E-state index >= 15 is 0 Å². The number of nitrogens with zero attached hydrogens (tertiary/aromatic N) is 1. The summed E-state index contributed by atoms with van der Waals surface area (Å²) in [6, 6.07) is 6.24. The van der Waals surface area contributed by atoms with Gasteiger partial charge in [-0.25, -0.2) is 4.79 Å². The number of carbonyl (C=O) groups excluding carboxylic acids is 5. The van der Waals surface area contributed by atoms with Gasteiger partial charge < -0.3 is 52.7 Å². The highest BCUT2D eigenvalue weighted by Crippen LogP contribution is 2.21. The molecule has 0 spiro atoms. The van der Waals surface area contributed by atoms with E-state index in [1.807, 2.05) is 0 Å². The Bertz CT molecular complexity index is 1740. The fourth-order valence-corrected chi connectivity index (χ4v) is 5.47. The van der Waals surface area contributed by atoms with Crippen LogP contribution in [0.15, 0.2) is 45.6 Å². The maximum absolute atomic E-state index is 12.8. The molecule has 2 heterocycles. The Morgan fingerprint density at radius 3 is 1.74 bits per heavy atom. The molecule has 0 saturated carbocycles. The maximum atomic E-state index is 12.8. The van der Waals surface area contributed by atoms with E-state index in [0.717, 1.165) is 4.90 Å². The number of ether oxygens (including phenoxy) is 8. The van der Waals surface area contributed by atoms with Crippen LogP contribution >= 0.6 is 0 Å². The van der Waals surface area contributed by atoms with E-state index in [0.29, 0.717) is 123 Å². The molecule has 3 amide bonds. The van der Waals surface area contributed by atoms with Crippen molar-refractivity contribution in [1.82, 2.24) is 10.2 Å². The van der Waals surface area contributed by atoms with Gasteiger partial charge in [-0.3, -0.25) is 33.7 Å². The first-order valence-corrected chi connectivity index (χ1v) is 20.5. The number of amides is 3. The Hall–Kier alpha value is -4.89. The summed E-state index contributed by atoms with van der Waals surface area (Å²) in [5.41, 5.74) is -0.570. The van der Waals surface area contributed by atoms with Gasteiger partial charge in [0.1, 0.15) is 22.7 Å². The fourth-order valence-electron chi connectivity index (χ4n) is 5.47. The molecule has 19 heteroatoms. The highest BCUT2D eigenvalue weighted by Gasteiger charge is 2.23. The van der Waals surface area contributed by atoms with Gasteiger partial charge in [0.25, 0.3) is 17.7 Å². The van der Waals surface area contributed by atoms with E-state index in [9.17, 15) is 33.6 Å². The Kier molecular flexibility index (Phi) is 25.7. The average Bonchev–Trinajstić information content (AvgIpc) is 3.56. The Morgan fingerprint density at radius 2 is 1.15 bits per heavy atom. The third-order valence-electron chi connectivity index (χ3n) is 8.72. The summed E-state index contributed by atoms with van der Waals surface area (Å²) >= 11 is 0. The molecule has 0 fully saturated rings. The standard InChI is InChI=1S/C42H58N2O17/c45-33(11-14-44-39(48)9-10-40(44)49)5-1-3-15-53-19-23-57-24-20-54-16-4-2-6-36(46)35-29-32-7-8-34(30-37(32)61-42(35)52)60-31-38(47)43-13-18-56-22-26-59-28-27-58-25-21-55-17-12-41(50)51/h7-10,29-30H,1-6,11-28,31H2,(H,43,47)(H,50,51). The molecule has 3 rings (SSSR count). The molecular weight excluding hydrogens is 804 g/mol. The van der Waals surface area contributed by atoms with Crippen LogP contribution in [0.5, 0.6) is 5.75 Å². The van der Waals surface area contributed by atoms with Crippen LogP contribution in [-0.2, 0) is 57.1 Å². The van der Waals surface area contributed by atoms with Crippen LogP contribution < -0.4 is 15.7 Å². The smallest absolute Gasteiger partial charge is 0.347 e. The third kappa shape index (κ3) is 22.5. The fraction of sp³-hybridized carbons (Fsp3) is 0.595. The first-order valence-electron chi connectivity index (χ1n) is 20.5. The van der Waals surface area contributed by atoms with E-state index in [-0.39, 0.29) is 92.6 Å². The van der Waals surface area contributed by atoms with Crippen molar-refractivity contribution < 1.29 is 76.2 Å². The Balaban J connectivity index is 1.13. The minimum absolute atomic E-state index is 0.00222. The summed E-state index contributed by atoms with van der Waals surface area (Å²) in [4.78, 5) is 84.0. The number of carboxylic acids is 1. The molecule has 2 aromatic rings. The molecule has 0 aliphatic carbocycles. The number of hydrogen-bond donors (Lipinski definition) is 2. The quantitative estimate of drug-likeness (QED) is 0.0426. The molecule has 0 bridgehead atoms. The Labute approximate surface area is 353 Å². The van der Waals surface area contributed by atoms with Crippen LogP contribution in [0.3, 0.4) is 0 Å². The zero-order valence-corrected chi connectivity index (χ0v) is 34.6. The summed E-state index contributed by atoms with van der Waals surface area (Å²) in [6.45, 7) is 5.13. The van der Waals surface area contributed by atoms with Crippen LogP contribution in [0, 0.1) is 0 Å². The van der Waals surface area contributed by atoms with Gasteiger partial charge in [-0.1, -0.05) is 0 Å². The molecule has 1 aromatic heterocycles. The van der Waals surface area contributed by atoms with E-state index in [2.05, 4.69) is 5.32 Å². The van der Waals surface area contributed by atoms with Crippen molar-refractivity contribution in [1.29, 1.82) is 0 Å². The lowest BCUT2D eigenvalue weighted by Crippen LogP contribution is -2.32. The van der Waals surface area contributed by atoms with Crippen LogP contribution in [0.4, 0.5) is 0 Å². The third-order valence-corrected chi connectivity index (χ3v) is 8.72. The van der Waals surface area contributed by atoms with E-state index < -0.39 is 11.6 Å². The van der Waals surface area contributed by atoms with Crippen LogP contribution in [0.25, 0.3) is 11.0 Å². The normalized spacial score (nSPS) is 12.4. The summed E-state index contributed by atoms with van der Waals surface area (Å²) < 4.78 is 48.7. The van der Waals surface area contributed by atoms with Gasteiger partial charge in [-0.05, 0) is 43.9 Å². The number of carboxylic acid groups (broad SMARTS) is 1. The summed E-state index contributed by atoms with van der Waals surface area (Å²) in [5.74, 6) is -2.05. The van der Waals surface area contributed by atoms with Gasteiger partial charge >= 0.3 is 11.6 Å². The van der Waals surface area contributed by atoms with Gasteiger partial charge in [0.2, 0.25) is 0 Å². The molecule has 1 aromatic carbocycles. The number of fused-ring (bicyclic) bond motifs is 1. The van der Waals surface area contributed by atoms with Crippen molar-refractivity contribution in [2.24, 2.45) is 0 Å². The monoisotopic (exact) mass is 862 g/mol. The SMILES string of the molecule is O=C(O)CCOCCOCCOCCOCCNC(=O)COc1ccc2cc(C(=O)CCCCOCCOCCOCCCCC(=O)CCN3C(=O)C=CC3=O)c(=O)oc2c1. The van der Waals surface area contributed by atoms with E-state index in [1.165, 1.54) is 24.3 Å². The molecule has 0 atom stereocenters. The second kappa shape index (κ2) is 31.0. The lowest BCUT2D eigenvalue weighted by molar-refractivity contribution is -0.139. The van der Waals surface area contributed by atoms with Crippen molar-refractivity contribution in [3.8, 4) is 5.75 Å². The van der Waals surface area contributed by atoms with Crippen LogP contribution in [0.2, 0.25) is 0 Å². The second-order valence-electron chi connectivity index (χ2n) is 13.5. The van der Waals surface area contributed by atoms with E-state index in [4.69, 9.17) is 47.4 Å². The number of nitrogens with one attached hydrogen (secondary N) is 1. The van der Waals surface area contributed by atoms with Crippen molar-refractivity contribution in [3.05, 3.63) is 52.4 Å². The number of ketones is 2. The summed E-state index contributed by atoms with van der Waals surface area (Å²) in [7, 11) is 0. The number of carbonyl (C=O) groups is 6. The minimum Gasteiger partial charge on any atom is -0.484 e. The van der Waals surface area contributed by atoms with Gasteiger partial charge in [-0.15, -0.1) is 0 Å². The van der Waals surface area contributed by atoms with Crippen LogP contribution in [-0.4, -0.2) is 157 Å². The molecule has 0 unspecified atom stereocenters. The number of imide groups is 1. The molecule has 0 saturated heterocycles. The molecule has 61 heavy (non-hydrogen) atoms. The predicted octanol–water partition coefficient (Wildman–Crippen LogP) is 2.29. The topological polar surface area (TPSA) is 242 Å². The van der Waals surface area contributed by atoms with E-state index in [1.54, 1.807) is 12.1 Å². The average molecular weight is 863 g/mol. The number of rotatable bonds is 38. The molecule has 19 nitrogen and oxygen atoms in total. The number of hydrogen-bond acceptors (Lipinski definition) is 16. The largest absolute Gasteiger partial charge is 0.484 e. The molecule has 0 radical (unpaired) electrons. The first-order chi connectivity index (χ1) is 29.6. The van der Waals surface area contributed by atoms with Gasteiger partial charge in [0, 0.05) is 69.2 Å². The molecule has 338 valence electrons. The first kappa shape index (κ1) is 50.5. The molecule has 2 N–H and O–H groups in total. The van der Waals surface area contributed by atoms with Crippen LogP contribution in [0.1, 0.15) is 61.7 Å². The summed E-state index contributed by atoms with van der Waals surface area (Å²) in [6.07, 6.45) is 5.56. The maximum Gasteiger partial charge on any atom is 0.347 e. The lowest BCUT2D eigenvalue weighted by Gasteiger charge is -2.12.